The molecule has 1 aromatic heterocycles. The maximum absolute atomic E-state index is 5.61. The zero-order valence-electron chi connectivity index (χ0n) is 9.01. The van der Waals surface area contributed by atoms with Gasteiger partial charge >= 0.3 is 0 Å². The minimum absolute atomic E-state index is 0.688. The topological polar surface area (TPSA) is 64.9 Å². The van der Waals surface area contributed by atoms with E-state index in [0.717, 1.165) is 22.8 Å². The Labute approximate surface area is 98.2 Å². The fraction of sp³-hybridized carbons (Fsp3) is 0.273. The number of hydrogen-bond donors (Lipinski definition) is 1. The molecule has 5 heteroatoms. The Morgan fingerprint density at radius 3 is 2.69 bits per heavy atom. The fourth-order valence-electron chi connectivity index (χ4n) is 1.20. The van der Waals surface area contributed by atoms with Gasteiger partial charge < -0.3 is 10.3 Å². The average molecular weight is 235 g/mol. The molecule has 0 amide bonds. The van der Waals surface area contributed by atoms with Gasteiger partial charge in [-0.1, -0.05) is 12.1 Å². The molecular formula is C11H13N3OS. The van der Waals surface area contributed by atoms with Crippen molar-refractivity contribution in [2.24, 2.45) is 0 Å². The normalized spacial score (nSPS) is 10.6. The Balaban J connectivity index is 1.94. The van der Waals surface area contributed by atoms with Crippen molar-refractivity contribution in [1.29, 1.82) is 0 Å². The molecule has 2 aromatic rings. The second-order valence-electron chi connectivity index (χ2n) is 3.32. The van der Waals surface area contributed by atoms with Crippen LogP contribution >= 0.6 is 11.8 Å². The number of aromatic nitrogens is 2. The number of rotatable bonds is 4. The van der Waals surface area contributed by atoms with Crippen molar-refractivity contribution < 1.29 is 4.52 Å². The first kappa shape index (κ1) is 11.0. The molecule has 1 aromatic carbocycles. The number of benzene rings is 1. The molecule has 0 saturated heterocycles. The first-order valence-corrected chi connectivity index (χ1v) is 6.06. The molecule has 0 atom stereocenters. The van der Waals surface area contributed by atoms with Crippen LogP contribution in [0.2, 0.25) is 0 Å². The third kappa shape index (κ3) is 2.76. The third-order valence-electron chi connectivity index (χ3n) is 2.06. The van der Waals surface area contributed by atoms with Crippen LogP contribution in [0.5, 0.6) is 0 Å². The molecule has 0 aliphatic rings. The summed E-state index contributed by atoms with van der Waals surface area (Å²) in [5.41, 5.74) is 6.38. The summed E-state index contributed by atoms with van der Waals surface area (Å²) in [5, 5.41) is 3.89. The van der Waals surface area contributed by atoms with Crippen molar-refractivity contribution >= 4 is 17.4 Å². The first-order chi connectivity index (χ1) is 7.78. The predicted octanol–water partition coefficient (Wildman–Crippen LogP) is 2.51. The molecule has 0 unspecified atom stereocenters. The monoisotopic (exact) mass is 235 g/mol. The molecule has 0 aliphatic heterocycles. The molecule has 2 N–H and O–H groups in total. The molecule has 4 nitrogen and oxygen atoms in total. The fourth-order valence-corrected chi connectivity index (χ4v) is 1.95. The number of thioether (sulfide) groups is 1. The zero-order valence-corrected chi connectivity index (χ0v) is 9.83. The summed E-state index contributed by atoms with van der Waals surface area (Å²) in [5.74, 6) is 2.14. The third-order valence-corrected chi connectivity index (χ3v) is 3.07. The van der Waals surface area contributed by atoms with Crippen LogP contribution in [0.1, 0.15) is 18.6 Å². The van der Waals surface area contributed by atoms with E-state index < -0.39 is 0 Å². The smallest absolute Gasteiger partial charge is 0.226 e. The predicted molar refractivity (Wildman–Crippen MR) is 64.1 cm³/mol. The lowest BCUT2D eigenvalue weighted by Gasteiger charge is -1.98. The van der Waals surface area contributed by atoms with E-state index in [1.54, 1.807) is 11.8 Å². The Morgan fingerprint density at radius 2 is 2.06 bits per heavy atom. The van der Waals surface area contributed by atoms with Crippen molar-refractivity contribution in [3.8, 4) is 0 Å². The van der Waals surface area contributed by atoms with E-state index in [0.29, 0.717) is 11.6 Å². The van der Waals surface area contributed by atoms with Crippen LogP contribution in [-0.2, 0) is 12.2 Å². The van der Waals surface area contributed by atoms with Crippen molar-refractivity contribution in [2.75, 3.05) is 5.73 Å². The standard InChI is InChI=1S/C11H13N3OS/c1-2-11-13-10(14-15-11)7-16-9-5-3-8(12)4-6-9/h3-6H,2,7,12H2,1H3. The molecule has 16 heavy (non-hydrogen) atoms. The van der Waals surface area contributed by atoms with Gasteiger partial charge in [-0.25, -0.2) is 0 Å². The number of hydrogen-bond acceptors (Lipinski definition) is 5. The van der Waals surface area contributed by atoms with Crippen LogP contribution in [0.15, 0.2) is 33.7 Å². The quantitative estimate of drug-likeness (QED) is 0.651. The van der Waals surface area contributed by atoms with Crippen molar-refractivity contribution in [3.63, 3.8) is 0 Å². The van der Waals surface area contributed by atoms with Crippen molar-refractivity contribution in [1.82, 2.24) is 10.1 Å². The lowest BCUT2D eigenvalue weighted by atomic mass is 10.3. The van der Waals surface area contributed by atoms with E-state index in [2.05, 4.69) is 10.1 Å². The summed E-state index contributed by atoms with van der Waals surface area (Å²) >= 11 is 1.67. The molecule has 0 radical (unpaired) electrons. The van der Waals surface area contributed by atoms with E-state index in [9.17, 15) is 0 Å². The van der Waals surface area contributed by atoms with Crippen LogP contribution in [0.4, 0.5) is 5.69 Å². The molecule has 2 rings (SSSR count). The maximum Gasteiger partial charge on any atom is 0.226 e. The highest BCUT2D eigenvalue weighted by atomic mass is 32.2. The summed E-state index contributed by atoms with van der Waals surface area (Å²) in [6.45, 7) is 1.99. The molecule has 0 saturated carbocycles. The number of aryl methyl sites for hydroxylation is 1. The highest BCUT2D eigenvalue weighted by Gasteiger charge is 2.04. The van der Waals surface area contributed by atoms with E-state index >= 15 is 0 Å². The molecule has 1 heterocycles. The summed E-state index contributed by atoms with van der Waals surface area (Å²) in [6, 6.07) is 7.74. The minimum Gasteiger partial charge on any atom is -0.399 e. The van der Waals surface area contributed by atoms with Crippen LogP contribution < -0.4 is 5.73 Å². The number of nitrogen functional groups attached to an aromatic ring is 1. The SMILES string of the molecule is CCc1nc(CSc2ccc(N)cc2)no1. The van der Waals surface area contributed by atoms with Crippen LogP contribution in [-0.4, -0.2) is 10.1 Å². The number of nitrogens with zero attached hydrogens (tertiary/aromatic N) is 2. The van der Waals surface area contributed by atoms with Crippen LogP contribution in [0.25, 0.3) is 0 Å². The molecule has 0 fully saturated rings. The first-order valence-electron chi connectivity index (χ1n) is 5.07. The largest absolute Gasteiger partial charge is 0.399 e. The van der Waals surface area contributed by atoms with E-state index in [4.69, 9.17) is 10.3 Å². The van der Waals surface area contributed by atoms with E-state index in [1.807, 2.05) is 31.2 Å². The maximum atomic E-state index is 5.61. The lowest BCUT2D eigenvalue weighted by Crippen LogP contribution is -1.86. The Bertz CT molecular complexity index is 453. The average Bonchev–Trinajstić information content (AvgIpc) is 2.76. The Hall–Kier alpha value is -1.49. The summed E-state index contributed by atoms with van der Waals surface area (Å²) in [6.07, 6.45) is 0.777. The van der Waals surface area contributed by atoms with Gasteiger partial charge in [0.25, 0.3) is 0 Å². The van der Waals surface area contributed by atoms with Gasteiger partial charge in [-0.15, -0.1) is 11.8 Å². The molecule has 0 aliphatic carbocycles. The van der Waals surface area contributed by atoms with Gasteiger partial charge in [0.2, 0.25) is 5.89 Å². The highest BCUT2D eigenvalue weighted by Crippen LogP contribution is 2.22. The molecular weight excluding hydrogens is 222 g/mol. The lowest BCUT2D eigenvalue weighted by molar-refractivity contribution is 0.378. The van der Waals surface area contributed by atoms with Gasteiger partial charge in [-0.2, -0.15) is 4.98 Å². The second kappa shape index (κ2) is 5.03. The highest BCUT2D eigenvalue weighted by molar-refractivity contribution is 7.98. The second-order valence-corrected chi connectivity index (χ2v) is 4.36. The summed E-state index contributed by atoms with van der Waals surface area (Å²) in [7, 11) is 0. The Kier molecular flexibility index (Phi) is 3.46. The van der Waals surface area contributed by atoms with Gasteiger partial charge in [0, 0.05) is 17.0 Å². The number of anilines is 1. The van der Waals surface area contributed by atoms with E-state index in [1.165, 1.54) is 0 Å². The van der Waals surface area contributed by atoms with Crippen molar-refractivity contribution in [3.05, 3.63) is 36.0 Å². The van der Waals surface area contributed by atoms with Crippen LogP contribution in [0, 0.1) is 0 Å². The van der Waals surface area contributed by atoms with E-state index in [-0.39, 0.29) is 0 Å². The minimum atomic E-state index is 0.688. The van der Waals surface area contributed by atoms with Crippen molar-refractivity contribution in [2.45, 2.75) is 24.0 Å². The van der Waals surface area contributed by atoms with Gasteiger partial charge in [-0.05, 0) is 24.3 Å². The van der Waals surface area contributed by atoms with Gasteiger partial charge in [-0.3, -0.25) is 0 Å². The molecule has 84 valence electrons. The molecule has 0 spiro atoms. The van der Waals surface area contributed by atoms with Gasteiger partial charge in [0.15, 0.2) is 5.82 Å². The summed E-state index contributed by atoms with van der Waals surface area (Å²) < 4.78 is 5.03. The zero-order chi connectivity index (χ0) is 11.4. The number of nitrogens with two attached hydrogens (primary N) is 1. The Morgan fingerprint density at radius 1 is 1.31 bits per heavy atom. The molecule has 0 bridgehead atoms. The van der Waals surface area contributed by atoms with Gasteiger partial charge in [0.1, 0.15) is 0 Å². The summed E-state index contributed by atoms with van der Waals surface area (Å²) in [4.78, 5) is 5.39. The van der Waals surface area contributed by atoms with Gasteiger partial charge in [0.05, 0.1) is 5.75 Å². The van der Waals surface area contributed by atoms with Crippen LogP contribution in [0.3, 0.4) is 0 Å².